The fourth-order valence-corrected chi connectivity index (χ4v) is 7.50. The van der Waals surface area contributed by atoms with Crippen molar-refractivity contribution in [3.63, 3.8) is 0 Å². The Morgan fingerprint density at radius 1 is 0.352 bits per heavy atom. The first-order chi connectivity index (χ1) is 26.7. The fraction of sp³-hybridized carbons (Fsp3) is 0. The average molecular weight is 693 g/mol. The van der Waals surface area contributed by atoms with Crippen molar-refractivity contribution in [2.45, 2.75) is 0 Å². The summed E-state index contributed by atoms with van der Waals surface area (Å²) in [5.41, 5.74) is 8.66. The number of benzene rings is 8. The molecule has 0 radical (unpaired) electrons. The van der Waals surface area contributed by atoms with Gasteiger partial charge in [-0.25, -0.2) is 19.9 Å². The second-order valence-electron chi connectivity index (χ2n) is 13.4. The molecule has 54 heavy (non-hydrogen) atoms. The van der Waals surface area contributed by atoms with E-state index in [-0.39, 0.29) is 0 Å². The van der Waals surface area contributed by atoms with Crippen molar-refractivity contribution in [2.75, 3.05) is 0 Å². The zero-order valence-electron chi connectivity index (χ0n) is 28.8. The highest BCUT2D eigenvalue weighted by Gasteiger charge is 2.23. The molecule has 0 fully saturated rings. The molecule has 3 aromatic heterocycles. The lowest BCUT2D eigenvalue weighted by Gasteiger charge is -2.11. The largest absolute Gasteiger partial charge is 0.455 e. The van der Waals surface area contributed by atoms with Crippen LogP contribution in [0.25, 0.3) is 111 Å². The van der Waals surface area contributed by atoms with Gasteiger partial charge in [0.2, 0.25) is 5.89 Å². The summed E-state index contributed by atoms with van der Waals surface area (Å²) in [5, 5.41) is 6.13. The summed E-state index contributed by atoms with van der Waals surface area (Å²) in [5.74, 6) is 2.24. The molecule has 0 aliphatic heterocycles. The van der Waals surface area contributed by atoms with E-state index in [1.807, 2.05) is 91.0 Å². The van der Waals surface area contributed by atoms with Crippen molar-refractivity contribution < 1.29 is 8.83 Å². The molecule has 0 bridgehead atoms. The van der Waals surface area contributed by atoms with Gasteiger partial charge in [0.05, 0.1) is 10.9 Å². The van der Waals surface area contributed by atoms with Gasteiger partial charge in [-0.1, -0.05) is 127 Å². The molecule has 252 valence electrons. The maximum absolute atomic E-state index is 6.78. The SMILES string of the molecule is c1ccc(-c2ccc3cc(-c4nc(-c5ccccc5)nc(-c5cc6ccccc6c6c5oc5ccc7nc(-c8ccccc8)oc7c56)n4)ccc3c2)cc1. The zero-order valence-corrected chi connectivity index (χ0v) is 28.8. The number of furan rings is 1. The van der Waals surface area contributed by atoms with E-state index in [1.165, 1.54) is 11.1 Å². The second-order valence-corrected chi connectivity index (χ2v) is 13.4. The first-order valence-corrected chi connectivity index (χ1v) is 17.9. The van der Waals surface area contributed by atoms with E-state index in [9.17, 15) is 0 Å². The van der Waals surface area contributed by atoms with E-state index in [4.69, 9.17) is 28.8 Å². The molecule has 11 aromatic rings. The Morgan fingerprint density at radius 3 is 1.72 bits per heavy atom. The van der Waals surface area contributed by atoms with Crippen LogP contribution in [0.15, 0.2) is 179 Å². The molecule has 0 aliphatic carbocycles. The number of hydrogen-bond acceptors (Lipinski definition) is 6. The minimum atomic E-state index is 0.520. The number of hydrogen-bond donors (Lipinski definition) is 0. The molecule has 0 saturated carbocycles. The van der Waals surface area contributed by atoms with Gasteiger partial charge in [0.1, 0.15) is 16.7 Å². The highest BCUT2D eigenvalue weighted by molar-refractivity contribution is 6.27. The van der Waals surface area contributed by atoms with Crippen LogP contribution in [0.5, 0.6) is 0 Å². The van der Waals surface area contributed by atoms with E-state index in [2.05, 4.69) is 78.9 Å². The molecule has 0 N–H and O–H groups in total. The summed E-state index contributed by atoms with van der Waals surface area (Å²) in [6.07, 6.45) is 0. The molecule has 0 spiro atoms. The van der Waals surface area contributed by atoms with E-state index in [1.54, 1.807) is 0 Å². The van der Waals surface area contributed by atoms with Crippen LogP contribution in [-0.4, -0.2) is 19.9 Å². The highest BCUT2D eigenvalue weighted by Crippen LogP contribution is 2.44. The van der Waals surface area contributed by atoms with Crippen LogP contribution < -0.4 is 0 Å². The molecule has 0 atom stereocenters. The first-order valence-electron chi connectivity index (χ1n) is 17.9. The fourth-order valence-electron chi connectivity index (χ4n) is 7.50. The van der Waals surface area contributed by atoms with Crippen molar-refractivity contribution in [2.24, 2.45) is 0 Å². The molecular weight excluding hydrogens is 665 g/mol. The van der Waals surface area contributed by atoms with E-state index in [0.29, 0.717) is 40.1 Å². The third-order valence-corrected chi connectivity index (χ3v) is 10.1. The highest BCUT2D eigenvalue weighted by atomic mass is 16.4. The molecule has 6 heteroatoms. The van der Waals surface area contributed by atoms with Crippen molar-refractivity contribution in [1.29, 1.82) is 0 Å². The normalized spacial score (nSPS) is 11.7. The van der Waals surface area contributed by atoms with E-state index >= 15 is 0 Å². The van der Waals surface area contributed by atoms with Crippen LogP contribution in [0.4, 0.5) is 0 Å². The molecule has 11 rings (SSSR count). The van der Waals surface area contributed by atoms with Gasteiger partial charge in [0.25, 0.3) is 0 Å². The number of oxazole rings is 1. The molecule has 6 nitrogen and oxygen atoms in total. The van der Waals surface area contributed by atoms with E-state index < -0.39 is 0 Å². The van der Waals surface area contributed by atoms with Crippen molar-refractivity contribution in [3.05, 3.63) is 170 Å². The van der Waals surface area contributed by atoms with Crippen LogP contribution in [0.3, 0.4) is 0 Å². The molecule has 0 amide bonds. The summed E-state index contributed by atoms with van der Waals surface area (Å²) in [6, 6.07) is 57.7. The van der Waals surface area contributed by atoms with Gasteiger partial charge in [-0.05, 0) is 75.1 Å². The summed E-state index contributed by atoms with van der Waals surface area (Å²) in [6.45, 7) is 0. The predicted octanol–water partition coefficient (Wildman–Crippen LogP) is 12.6. The maximum Gasteiger partial charge on any atom is 0.227 e. The Bertz CT molecular complexity index is 3210. The maximum atomic E-state index is 6.78. The Morgan fingerprint density at radius 2 is 0.963 bits per heavy atom. The van der Waals surface area contributed by atoms with Gasteiger partial charge in [0, 0.05) is 22.1 Å². The quantitative estimate of drug-likeness (QED) is 0.179. The molecule has 0 aliphatic rings. The number of aromatic nitrogens is 4. The Labute approximate surface area is 309 Å². The lowest BCUT2D eigenvalue weighted by molar-refractivity contribution is 0.622. The van der Waals surface area contributed by atoms with Gasteiger partial charge in [-0.2, -0.15) is 0 Å². The number of nitrogens with zero attached hydrogens (tertiary/aromatic N) is 4. The van der Waals surface area contributed by atoms with Gasteiger partial charge < -0.3 is 8.83 Å². The van der Waals surface area contributed by atoms with Crippen LogP contribution >= 0.6 is 0 Å². The number of fused-ring (bicyclic) bond motifs is 8. The second kappa shape index (κ2) is 12.1. The Hall–Kier alpha value is -7.44. The minimum Gasteiger partial charge on any atom is -0.455 e. The van der Waals surface area contributed by atoms with Crippen LogP contribution in [0, 0.1) is 0 Å². The van der Waals surface area contributed by atoms with Crippen LogP contribution in [0.1, 0.15) is 0 Å². The Kier molecular flexibility index (Phi) is 6.75. The third-order valence-electron chi connectivity index (χ3n) is 10.1. The van der Waals surface area contributed by atoms with E-state index in [0.717, 1.165) is 60.1 Å². The molecule has 0 unspecified atom stereocenters. The Balaban J connectivity index is 1.14. The van der Waals surface area contributed by atoms with Crippen molar-refractivity contribution in [1.82, 2.24) is 19.9 Å². The summed E-state index contributed by atoms with van der Waals surface area (Å²) in [7, 11) is 0. The molecule has 0 saturated heterocycles. The van der Waals surface area contributed by atoms with Crippen LogP contribution in [0.2, 0.25) is 0 Å². The third kappa shape index (κ3) is 4.96. The summed E-state index contributed by atoms with van der Waals surface area (Å²) < 4.78 is 13.3. The lowest BCUT2D eigenvalue weighted by atomic mass is 9.99. The topological polar surface area (TPSA) is 77.8 Å². The smallest absolute Gasteiger partial charge is 0.227 e. The molecule has 8 aromatic carbocycles. The van der Waals surface area contributed by atoms with Gasteiger partial charge in [0.15, 0.2) is 23.1 Å². The van der Waals surface area contributed by atoms with Crippen molar-refractivity contribution >= 4 is 54.6 Å². The lowest BCUT2D eigenvalue weighted by Crippen LogP contribution is -2.00. The van der Waals surface area contributed by atoms with Crippen molar-refractivity contribution in [3.8, 4) is 56.7 Å². The first kappa shape index (κ1) is 30.2. The predicted molar refractivity (Wildman–Crippen MR) is 217 cm³/mol. The minimum absolute atomic E-state index is 0.520. The van der Waals surface area contributed by atoms with Gasteiger partial charge in [-0.15, -0.1) is 0 Å². The standard InChI is InChI=1S/C48H28N4O2/c1-4-12-29(13-5-1)32-20-21-34-27-36(23-22-33(34)26-32)46-50-45(30-14-6-2-7-15-30)51-47(52-46)38-28-35-18-10-11-19-37(35)41-42-40(53-43(38)41)25-24-39-44(42)54-48(49-39)31-16-8-3-9-17-31/h1-28H. The summed E-state index contributed by atoms with van der Waals surface area (Å²) >= 11 is 0. The summed E-state index contributed by atoms with van der Waals surface area (Å²) in [4.78, 5) is 20.2. The zero-order chi connectivity index (χ0) is 35.6. The average Bonchev–Trinajstić information content (AvgIpc) is 3.86. The number of rotatable bonds is 5. The molecule has 3 heterocycles. The molecular formula is C48H28N4O2. The monoisotopic (exact) mass is 692 g/mol. The van der Waals surface area contributed by atoms with Gasteiger partial charge >= 0.3 is 0 Å². The van der Waals surface area contributed by atoms with Gasteiger partial charge in [-0.3, -0.25) is 0 Å². The van der Waals surface area contributed by atoms with Crippen LogP contribution in [-0.2, 0) is 0 Å².